The van der Waals surface area contributed by atoms with Crippen molar-refractivity contribution in [1.29, 1.82) is 0 Å². The van der Waals surface area contributed by atoms with E-state index >= 15 is 0 Å². The molecule has 150 valence electrons. The lowest BCUT2D eigenvalue weighted by molar-refractivity contribution is 0.102. The molecule has 3 aromatic heterocycles. The van der Waals surface area contributed by atoms with Gasteiger partial charge in [0.15, 0.2) is 5.82 Å². The SMILES string of the molecule is O=C(Nc1cccnc1)c1cccc2[nH]c(-c3cccc(N4CCCCC4)n3)nc12. The van der Waals surface area contributed by atoms with Gasteiger partial charge >= 0.3 is 0 Å². The number of hydrogen-bond acceptors (Lipinski definition) is 5. The molecule has 1 aliphatic heterocycles. The highest BCUT2D eigenvalue weighted by Crippen LogP contribution is 2.25. The lowest BCUT2D eigenvalue weighted by Gasteiger charge is -2.27. The first-order chi connectivity index (χ1) is 14.8. The Morgan fingerprint density at radius 1 is 0.967 bits per heavy atom. The zero-order valence-electron chi connectivity index (χ0n) is 16.5. The van der Waals surface area contributed by atoms with Crippen LogP contribution in [0.3, 0.4) is 0 Å². The molecule has 4 aromatic rings. The summed E-state index contributed by atoms with van der Waals surface area (Å²) in [5.74, 6) is 1.41. The Morgan fingerprint density at radius 3 is 2.67 bits per heavy atom. The largest absolute Gasteiger partial charge is 0.357 e. The Kier molecular flexibility index (Phi) is 4.85. The molecule has 2 N–H and O–H groups in total. The Labute approximate surface area is 174 Å². The maximum atomic E-state index is 12.8. The van der Waals surface area contributed by atoms with Crippen molar-refractivity contribution < 1.29 is 4.79 Å². The van der Waals surface area contributed by atoms with Crippen LogP contribution in [0.5, 0.6) is 0 Å². The molecule has 1 saturated heterocycles. The van der Waals surface area contributed by atoms with E-state index in [0.717, 1.165) is 30.1 Å². The summed E-state index contributed by atoms with van der Waals surface area (Å²) in [5.41, 5.74) is 3.35. The number of hydrogen-bond donors (Lipinski definition) is 2. The first-order valence-electron chi connectivity index (χ1n) is 10.2. The number of fused-ring (bicyclic) bond motifs is 1. The monoisotopic (exact) mass is 398 g/mol. The summed E-state index contributed by atoms with van der Waals surface area (Å²) in [6.07, 6.45) is 6.97. The summed E-state index contributed by atoms with van der Waals surface area (Å²) >= 11 is 0. The predicted octanol–water partition coefficient (Wildman–Crippen LogP) is 4.26. The Bertz CT molecular complexity index is 1180. The third kappa shape index (κ3) is 3.61. The number of nitrogens with zero attached hydrogens (tertiary/aromatic N) is 4. The first kappa shape index (κ1) is 18.3. The van der Waals surface area contributed by atoms with E-state index < -0.39 is 0 Å². The second kappa shape index (κ2) is 7.94. The van der Waals surface area contributed by atoms with E-state index in [0.29, 0.717) is 22.6 Å². The molecule has 5 rings (SSSR count). The number of anilines is 2. The second-order valence-electron chi connectivity index (χ2n) is 7.41. The molecule has 7 nitrogen and oxygen atoms in total. The predicted molar refractivity (Wildman–Crippen MR) is 118 cm³/mol. The van der Waals surface area contributed by atoms with E-state index in [2.05, 4.69) is 20.2 Å². The van der Waals surface area contributed by atoms with Gasteiger partial charge in [0.1, 0.15) is 17.0 Å². The van der Waals surface area contributed by atoms with E-state index in [-0.39, 0.29) is 5.91 Å². The molecule has 0 spiro atoms. The van der Waals surface area contributed by atoms with Crippen LogP contribution in [0.1, 0.15) is 29.6 Å². The van der Waals surface area contributed by atoms with Gasteiger partial charge in [-0.15, -0.1) is 0 Å². The fourth-order valence-corrected chi connectivity index (χ4v) is 3.83. The minimum absolute atomic E-state index is 0.221. The number of para-hydroxylation sites is 1. The third-order valence-electron chi connectivity index (χ3n) is 5.33. The van der Waals surface area contributed by atoms with Gasteiger partial charge in [0.25, 0.3) is 5.91 Å². The van der Waals surface area contributed by atoms with Crippen LogP contribution in [0, 0.1) is 0 Å². The number of carbonyl (C=O) groups excluding carboxylic acids is 1. The van der Waals surface area contributed by atoms with Gasteiger partial charge in [-0.3, -0.25) is 9.78 Å². The fraction of sp³-hybridized carbons (Fsp3) is 0.217. The average Bonchev–Trinajstić information content (AvgIpc) is 3.25. The average molecular weight is 398 g/mol. The standard InChI is InChI=1S/C23H22N6O/c30-23(25-16-7-6-12-24-15-16)17-8-4-9-18-21(17)28-22(27-18)19-10-5-11-20(26-19)29-13-2-1-3-14-29/h4-12,15H,1-3,13-14H2,(H,25,30)(H,27,28). The van der Waals surface area contributed by atoms with Crippen molar-refractivity contribution in [3.05, 3.63) is 66.5 Å². The summed E-state index contributed by atoms with van der Waals surface area (Å²) < 4.78 is 0. The van der Waals surface area contributed by atoms with Gasteiger partial charge < -0.3 is 15.2 Å². The van der Waals surface area contributed by atoms with Crippen LogP contribution in [0.2, 0.25) is 0 Å². The molecule has 0 aliphatic carbocycles. The van der Waals surface area contributed by atoms with Crippen molar-refractivity contribution in [1.82, 2.24) is 19.9 Å². The molecular weight excluding hydrogens is 376 g/mol. The van der Waals surface area contributed by atoms with Crippen LogP contribution < -0.4 is 10.2 Å². The van der Waals surface area contributed by atoms with Crippen molar-refractivity contribution in [3.63, 3.8) is 0 Å². The molecular formula is C23H22N6O. The van der Waals surface area contributed by atoms with Crippen LogP contribution in [0.4, 0.5) is 11.5 Å². The molecule has 4 heterocycles. The van der Waals surface area contributed by atoms with Crippen molar-refractivity contribution in [2.75, 3.05) is 23.3 Å². The van der Waals surface area contributed by atoms with E-state index in [9.17, 15) is 4.79 Å². The molecule has 0 radical (unpaired) electrons. The molecule has 30 heavy (non-hydrogen) atoms. The number of nitrogens with one attached hydrogen (secondary N) is 2. The van der Waals surface area contributed by atoms with Crippen molar-refractivity contribution in [2.45, 2.75) is 19.3 Å². The Hall–Kier alpha value is -3.74. The summed E-state index contributed by atoms with van der Waals surface area (Å²) in [6.45, 7) is 2.07. The number of H-pyrrole nitrogens is 1. The number of amides is 1. The van der Waals surface area contributed by atoms with Gasteiger partial charge in [0.2, 0.25) is 0 Å². The van der Waals surface area contributed by atoms with Gasteiger partial charge in [0, 0.05) is 19.3 Å². The maximum absolute atomic E-state index is 12.8. The van der Waals surface area contributed by atoms with E-state index in [4.69, 9.17) is 9.97 Å². The van der Waals surface area contributed by atoms with E-state index in [1.807, 2.05) is 30.3 Å². The smallest absolute Gasteiger partial charge is 0.257 e. The number of benzene rings is 1. The van der Waals surface area contributed by atoms with Crippen LogP contribution in [-0.4, -0.2) is 38.9 Å². The zero-order valence-corrected chi connectivity index (χ0v) is 16.5. The van der Waals surface area contributed by atoms with Crippen molar-refractivity contribution >= 4 is 28.4 Å². The molecule has 0 atom stereocenters. The van der Waals surface area contributed by atoms with E-state index in [1.54, 1.807) is 30.6 Å². The lowest BCUT2D eigenvalue weighted by atomic mass is 10.1. The summed E-state index contributed by atoms with van der Waals surface area (Å²) in [7, 11) is 0. The second-order valence-corrected chi connectivity index (χ2v) is 7.41. The van der Waals surface area contributed by atoms with Gasteiger partial charge in [-0.25, -0.2) is 9.97 Å². The Morgan fingerprint density at radius 2 is 1.83 bits per heavy atom. The summed E-state index contributed by atoms with van der Waals surface area (Å²) in [5, 5.41) is 2.87. The fourth-order valence-electron chi connectivity index (χ4n) is 3.83. The molecule has 1 amide bonds. The molecule has 0 unspecified atom stereocenters. The van der Waals surface area contributed by atoms with E-state index in [1.165, 1.54) is 19.3 Å². The van der Waals surface area contributed by atoms with Crippen LogP contribution in [0.15, 0.2) is 60.9 Å². The van der Waals surface area contributed by atoms with Gasteiger partial charge in [-0.2, -0.15) is 0 Å². The van der Waals surface area contributed by atoms with Crippen LogP contribution in [0.25, 0.3) is 22.6 Å². The highest BCUT2D eigenvalue weighted by atomic mass is 16.1. The zero-order chi connectivity index (χ0) is 20.3. The number of piperidine rings is 1. The first-order valence-corrected chi connectivity index (χ1v) is 10.2. The normalized spacial score (nSPS) is 14.1. The van der Waals surface area contributed by atoms with Crippen molar-refractivity contribution in [2.24, 2.45) is 0 Å². The number of imidazole rings is 1. The maximum Gasteiger partial charge on any atom is 0.257 e. The molecule has 1 fully saturated rings. The number of aromatic amines is 1. The van der Waals surface area contributed by atoms with Crippen LogP contribution in [-0.2, 0) is 0 Å². The van der Waals surface area contributed by atoms with Gasteiger partial charge in [-0.1, -0.05) is 12.1 Å². The highest BCUT2D eigenvalue weighted by Gasteiger charge is 2.17. The van der Waals surface area contributed by atoms with Crippen LogP contribution >= 0.6 is 0 Å². The Balaban J connectivity index is 1.47. The molecule has 1 aliphatic rings. The molecule has 0 saturated carbocycles. The third-order valence-corrected chi connectivity index (χ3v) is 5.33. The van der Waals surface area contributed by atoms with Gasteiger partial charge in [0.05, 0.1) is 23.0 Å². The summed E-state index contributed by atoms with van der Waals surface area (Å²) in [4.78, 5) is 32.0. The minimum Gasteiger partial charge on any atom is -0.357 e. The number of carbonyl (C=O) groups is 1. The quantitative estimate of drug-likeness (QED) is 0.536. The lowest BCUT2D eigenvalue weighted by Crippen LogP contribution is -2.30. The summed E-state index contributed by atoms with van der Waals surface area (Å²) in [6, 6.07) is 15.1. The topological polar surface area (TPSA) is 86.8 Å². The molecule has 1 aromatic carbocycles. The highest BCUT2D eigenvalue weighted by molar-refractivity contribution is 6.11. The number of rotatable bonds is 4. The van der Waals surface area contributed by atoms with Crippen molar-refractivity contribution in [3.8, 4) is 11.5 Å². The molecule has 7 heteroatoms. The van der Waals surface area contributed by atoms with Gasteiger partial charge in [-0.05, 0) is 55.7 Å². The number of pyridine rings is 2. The molecule has 0 bridgehead atoms. The minimum atomic E-state index is -0.221. The number of aromatic nitrogens is 4.